The summed E-state index contributed by atoms with van der Waals surface area (Å²) in [6, 6.07) is 5.93. The fourth-order valence-corrected chi connectivity index (χ4v) is 2.61. The highest BCUT2D eigenvalue weighted by atomic mass is 19.2. The number of nitrogens with one attached hydrogen (secondary N) is 2. The number of rotatable bonds is 9. The smallest absolute Gasteiger partial charge is 0.243 e. The molecule has 162 valence electrons. The highest BCUT2D eigenvalue weighted by Crippen LogP contribution is 2.11. The lowest BCUT2D eigenvalue weighted by atomic mass is 10.0. The number of anilines is 1. The second kappa shape index (κ2) is 10.6. The van der Waals surface area contributed by atoms with Crippen molar-refractivity contribution < 1.29 is 18.4 Å². The summed E-state index contributed by atoms with van der Waals surface area (Å²) in [4.78, 5) is 30.9. The molecule has 0 aliphatic carbocycles. The van der Waals surface area contributed by atoms with Crippen LogP contribution in [-0.2, 0) is 22.6 Å². The van der Waals surface area contributed by atoms with E-state index in [-0.39, 0.29) is 31.5 Å². The number of nitrogens with zero attached hydrogens (tertiary/aromatic N) is 2. The third kappa shape index (κ3) is 7.07. The Labute approximate surface area is 174 Å². The van der Waals surface area contributed by atoms with Crippen LogP contribution in [-0.4, -0.2) is 47.4 Å². The molecule has 0 radical (unpaired) electrons. The summed E-state index contributed by atoms with van der Waals surface area (Å²) in [7, 11) is 1.79. The third-order valence-electron chi connectivity index (χ3n) is 4.66. The van der Waals surface area contributed by atoms with E-state index < -0.39 is 23.6 Å². The zero-order chi connectivity index (χ0) is 22.3. The minimum atomic E-state index is -1.01. The first-order chi connectivity index (χ1) is 14.2. The van der Waals surface area contributed by atoms with E-state index in [4.69, 9.17) is 5.73 Å². The maximum Gasteiger partial charge on any atom is 0.243 e. The SMILES string of the molecule is CC(C)N(C)CC(=O)N[C@@H](Cc1ccc(F)c(F)c1)C(=O)NCc1ccc(N)nc1. The van der Waals surface area contributed by atoms with Gasteiger partial charge in [-0.15, -0.1) is 0 Å². The van der Waals surface area contributed by atoms with Gasteiger partial charge >= 0.3 is 0 Å². The Morgan fingerprint density at radius 1 is 1.13 bits per heavy atom. The molecule has 9 heteroatoms. The fourth-order valence-electron chi connectivity index (χ4n) is 2.61. The molecule has 2 rings (SSSR count). The summed E-state index contributed by atoms with van der Waals surface area (Å²) in [5.41, 5.74) is 6.67. The van der Waals surface area contributed by atoms with Crippen LogP contribution in [0.3, 0.4) is 0 Å². The summed E-state index contributed by atoms with van der Waals surface area (Å²) >= 11 is 0. The van der Waals surface area contributed by atoms with Crippen LogP contribution in [0.25, 0.3) is 0 Å². The molecular formula is C21H27F2N5O2. The number of amides is 2. The average Bonchev–Trinajstić information content (AvgIpc) is 2.69. The number of aromatic nitrogens is 1. The molecule has 1 heterocycles. The molecule has 2 aromatic rings. The van der Waals surface area contributed by atoms with Crippen molar-refractivity contribution in [3.8, 4) is 0 Å². The van der Waals surface area contributed by atoms with Crippen molar-refractivity contribution in [1.29, 1.82) is 0 Å². The van der Waals surface area contributed by atoms with Gasteiger partial charge in [0.25, 0.3) is 0 Å². The van der Waals surface area contributed by atoms with E-state index in [0.29, 0.717) is 11.4 Å². The van der Waals surface area contributed by atoms with Gasteiger partial charge in [-0.2, -0.15) is 0 Å². The molecule has 2 amide bonds. The van der Waals surface area contributed by atoms with Crippen molar-refractivity contribution in [2.75, 3.05) is 19.3 Å². The van der Waals surface area contributed by atoms with Crippen LogP contribution in [0.1, 0.15) is 25.0 Å². The van der Waals surface area contributed by atoms with Gasteiger partial charge in [0.05, 0.1) is 6.54 Å². The maximum absolute atomic E-state index is 13.6. The van der Waals surface area contributed by atoms with Crippen molar-refractivity contribution >= 4 is 17.6 Å². The predicted octanol–water partition coefficient (Wildman–Crippen LogP) is 1.63. The van der Waals surface area contributed by atoms with Gasteiger partial charge in [-0.05, 0) is 50.2 Å². The van der Waals surface area contributed by atoms with Crippen molar-refractivity contribution in [2.24, 2.45) is 0 Å². The van der Waals surface area contributed by atoms with E-state index >= 15 is 0 Å². The van der Waals surface area contributed by atoms with E-state index in [9.17, 15) is 18.4 Å². The van der Waals surface area contributed by atoms with Crippen molar-refractivity contribution in [3.63, 3.8) is 0 Å². The zero-order valence-corrected chi connectivity index (χ0v) is 17.3. The second-order valence-corrected chi connectivity index (χ2v) is 7.39. The number of likely N-dealkylation sites (N-methyl/N-ethyl adjacent to an activating group) is 1. The fraction of sp³-hybridized carbons (Fsp3) is 0.381. The number of hydrogen-bond acceptors (Lipinski definition) is 5. The first-order valence-corrected chi connectivity index (χ1v) is 9.57. The number of pyridine rings is 1. The molecule has 1 atom stereocenters. The molecule has 0 bridgehead atoms. The first kappa shape index (κ1) is 23.2. The van der Waals surface area contributed by atoms with Gasteiger partial charge in [0.1, 0.15) is 11.9 Å². The van der Waals surface area contributed by atoms with E-state index in [1.165, 1.54) is 12.3 Å². The van der Waals surface area contributed by atoms with Crippen LogP contribution in [0.2, 0.25) is 0 Å². The predicted molar refractivity (Wildman–Crippen MR) is 110 cm³/mol. The van der Waals surface area contributed by atoms with Gasteiger partial charge < -0.3 is 16.4 Å². The number of hydrogen-bond donors (Lipinski definition) is 3. The monoisotopic (exact) mass is 419 g/mol. The number of benzene rings is 1. The second-order valence-electron chi connectivity index (χ2n) is 7.39. The summed E-state index contributed by atoms with van der Waals surface area (Å²) in [5, 5.41) is 5.42. The number of nitrogens with two attached hydrogens (primary N) is 1. The van der Waals surface area contributed by atoms with Crippen LogP contribution < -0.4 is 16.4 Å². The maximum atomic E-state index is 13.6. The topological polar surface area (TPSA) is 100 Å². The van der Waals surface area contributed by atoms with Crippen LogP contribution in [0.15, 0.2) is 36.5 Å². The van der Waals surface area contributed by atoms with Gasteiger partial charge in [0.2, 0.25) is 11.8 Å². The largest absolute Gasteiger partial charge is 0.384 e. The lowest BCUT2D eigenvalue weighted by Crippen LogP contribution is -2.50. The molecule has 0 aliphatic heterocycles. The van der Waals surface area contributed by atoms with Crippen LogP contribution in [0, 0.1) is 11.6 Å². The zero-order valence-electron chi connectivity index (χ0n) is 17.3. The standard InChI is InChI=1S/C21H27F2N5O2/c1-13(2)28(3)12-20(29)27-18(9-14-4-6-16(22)17(23)8-14)21(30)26-11-15-5-7-19(24)25-10-15/h4-8,10,13,18H,9,11-12H2,1-3H3,(H2,24,25)(H,26,30)(H,27,29)/t18-/m0/s1. The van der Waals surface area contributed by atoms with Gasteiger partial charge in [-0.3, -0.25) is 14.5 Å². The lowest BCUT2D eigenvalue weighted by molar-refractivity contribution is -0.129. The molecule has 0 aliphatic rings. The van der Waals surface area contributed by atoms with Crippen molar-refractivity contribution in [3.05, 3.63) is 59.3 Å². The number of nitrogen functional groups attached to an aromatic ring is 1. The molecule has 0 saturated heterocycles. The van der Waals surface area contributed by atoms with Gasteiger partial charge in [-0.25, -0.2) is 13.8 Å². The minimum Gasteiger partial charge on any atom is -0.384 e. The normalized spacial score (nSPS) is 12.1. The highest BCUT2D eigenvalue weighted by molar-refractivity contribution is 5.88. The molecule has 1 aromatic carbocycles. The van der Waals surface area contributed by atoms with E-state index in [1.54, 1.807) is 19.2 Å². The summed E-state index contributed by atoms with van der Waals surface area (Å²) in [6.07, 6.45) is 1.55. The molecule has 30 heavy (non-hydrogen) atoms. The van der Waals surface area contributed by atoms with Crippen molar-refractivity contribution in [2.45, 2.75) is 38.9 Å². The molecule has 0 saturated carbocycles. The van der Waals surface area contributed by atoms with E-state index in [0.717, 1.165) is 17.7 Å². The molecule has 7 nitrogen and oxygen atoms in total. The molecule has 4 N–H and O–H groups in total. The quantitative estimate of drug-likeness (QED) is 0.574. The molecular weight excluding hydrogens is 392 g/mol. The summed E-state index contributed by atoms with van der Waals surface area (Å²) in [6.45, 7) is 4.17. The number of carbonyl (C=O) groups is 2. The van der Waals surface area contributed by atoms with Crippen LogP contribution in [0.5, 0.6) is 0 Å². The Morgan fingerprint density at radius 3 is 2.43 bits per heavy atom. The summed E-state index contributed by atoms with van der Waals surface area (Å²) in [5.74, 6) is -2.41. The Bertz CT molecular complexity index is 874. The first-order valence-electron chi connectivity index (χ1n) is 9.57. The van der Waals surface area contributed by atoms with Crippen molar-refractivity contribution in [1.82, 2.24) is 20.5 Å². The average molecular weight is 419 g/mol. The Hall–Kier alpha value is -3.07. The van der Waals surface area contributed by atoms with Gasteiger partial charge in [0, 0.05) is 25.2 Å². The molecule has 1 aromatic heterocycles. The summed E-state index contributed by atoms with van der Waals surface area (Å²) < 4.78 is 26.8. The number of halogens is 2. The highest BCUT2D eigenvalue weighted by Gasteiger charge is 2.22. The Kier molecular flexibility index (Phi) is 8.23. The van der Waals surface area contributed by atoms with Gasteiger partial charge in [0.15, 0.2) is 11.6 Å². The molecule has 0 unspecified atom stereocenters. The van der Waals surface area contributed by atoms with E-state index in [2.05, 4.69) is 15.6 Å². The minimum absolute atomic E-state index is 0.0140. The molecule has 0 fully saturated rings. The van der Waals surface area contributed by atoms with Crippen LogP contribution >= 0.6 is 0 Å². The third-order valence-corrected chi connectivity index (χ3v) is 4.66. The Morgan fingerprint density at radius 2 is 1.83 bits per heavy atom. The van der Waals surface area contributed by atoms with E-state index in [1.807, 2.05) is 18.7 Å². The molecule has 0 spiro atoms. The Balaban J connectivity index is 2.09. The van der Waals surface area contributed by atoms with Crippen LogP contribution in [0.4, 0.5) is 14.6 Å². The van der Waals surface area contributed by atoms with Gasteiger partial charge in [-0.1, -0.05) is 12.1 Å². The number of carbonyl (C=O) groups excluding carboxylic acids is 2. The lowest BCUT2D eigenvalue weighted by Gasteiger charge is -2.23.